The molecule has 0 spiro atoms. The Balaban J connectivity index is 2.18. The van der Waals surface area contributed by atoms with Gasteiger partial charge in [0.15, 0.2) is 0 Å². The molecule has 0 bridgehead atoms. The van der Waals surface area contributed by atoms with E-state index in [1.165, 1.54) is 23.5 Å². The number of nitrogens with two attached hydrogens (primary N) is 1. The van der Waals surface area contributed by atoms with E-state index < -0.39 is 0 Å². The van der Waals surface area contributed by atoms with Gasteiger partial charge < -0.3 is 5.73 Å². The molecular formula is C13H16ClNS. The summed E-state index contributed by atoms with van der Waals surface area (Å²) in [6.45, 7) is 0.568. The molecule has 1 atom stereocenters. The van der Waals surface area contributed by atoms with Crippen molar-refractivity contribution in [2.75, 3.05) is 18.1 Å². The molecule has 0 saturated carbocycles. The van der Waals surface area contributed by atoms with E-state index in [9.17, 15) is 0 Å². The van der Waals surface area contributed by atoms with E-state index in [0.717, 1.165) is 10.6 Å². The van der Waals surface area contributed by atoms with Crippen LogP contribution >= 0.6 is 23.4 Å². The van der Waals surface area contributed by atoms with E-state index in [1.54, 1.807) is 0 Å². The Kier molecular flexibility index (Phi) is 4.33. The van der Waals surface area contributed by atoms with Crippen molar-refractivity contribution in [2.45, 2.75) is 12.3 Å². The number of hydrogen-bond acceptors (Lipinski definition) is 2. The molecule has 2 N–H and O–H groups in total. The van der Waals surface area contributed by atoms with Gasteiger partial charge in [-0.05, 0) is 35.3 Å². The maximum Gasteiger partial charge on any atom is 0.0447 e. The first-order valence-corrected chi connectivity index (χ1v) is 7.08. The smallest absolute Gasteiger partial charge is 0.0447 e. The highest BCUT2D eigenvalue weighted by molar-refractivity contribution is 7.99. The molecule has 1 aliphatic heterocycles. The molecule has 86 valence electrons. The number of hydrogen-bond donors (Lipinski definition) is 1. The first-order valence-electron chi connectivity index (χ1n) is 5.55. The molecular weight excluding hydrogens is 238 g/mol. The molecule has 1 fully saturated rings. The first-order chi connectivity index (χ1) is 7.81. The quantitative estimate of drug-likeness (QED) is 0.892. The molecule has 0 amide bonds. The average molecular weight is 254 g/mol. The van der Waals surface area contributed by atoms with Gasteiger partial charge in [0.1, 0.15) is 0 Å². The molecule has 1 aromatic rings. The highest BCUT2D eigenvalue weighted by atomic mass is 35.5. The van der Waals surface area contributed by atoms with Crippen LogP contribution in [0.15, 0.2) is 24.3 Å². The topological polar surface area (TPSA) is 26.0 Å². The fourth-order valence-electron chi connectivity index (χ4n) is 1.96. The van der Waals surface area contributed by atoms with Crippen LogP contribution in [0.1, 0.15) is 23.5 Å². The van der Waals surface area contributed by atoms with Crippen molar-refractivity contribution >= 4 is 29.4 Å². The zero-order chi connectivity index (χ0) is 11.4. The van der Waals surface area contributed by atoms with E-state index >= 15 is 0 Å². The van der Waals surface area contributed by atoms with Crippen LogP contribution in [-0.4, -0.2) is 18.1 Å². The predicted octanol–water partition coefficient (Wildman–Crippen LogP) is 3.53. The molecule has 1 nitrogen and oxygen atoms in total. The maximum atomic E-state index is 6.31. The standard InChI is InChI=1S/C13H16ClNS/c14-13-8-10(2-1-6-15)3-4-12(13)11-5-7-16-9-11/h1-4,8,11H,5-7,9,15H2/b2-1+. The second-order valence-corrected chi connectivity index (χ2v) is 5.54. The Labute approximate surface area is 106 Å². The third kappa shape index (κ3) is 2.82. The minimum absolute atomic E-state index is 0.568. The lowest BCUT2D eigenvalue weighted by atomic mass is 9.97. The minimum Gasteiger partial charge on any atom is -0.327 e. The third-order valence-electron chi connectivity index (χ3n) is 2.84. The lowest BCUT2D eigenvalue weighted by Crippen LogP contribution is -1.97. The fourth-order valence-corrected chi connectivity index (χ4v) is 3.55. The summed E-state index contributed by atoms with van der Waals surface area (Å²) in [5.74, 6) is 3.11. The molecule has 2 rings (SSSR count). The van der Waals surface area contributed by atoms with Crippen LogP contribution in [0.3, 0.4) is 0 Å². The van der Waals surface area contributed by atoms with Gasteiger partial charge >= 0.3 is 0 Å². The number of halogens is 1. The van der Waals surface area contributed by atoms with Crippen molar-refractivity contribution in [1.29, 1.82) is 0 Å². The summed E-state index contributed by atoms with van der Waals surface area (Å²) in [7, 11) is 0. The number of rotatable bonds is 3. The van der Waals surface area contributed by atoms with Gasteiger partial charge in [0.05, 0.1) is 0 Å². The van der Waals surface area contributed by atoms with Crippen molar-refractivity contribution < 1.29 is 0 Å². The van der Waals surface area contributed by atoms with E-state index in [0.29, 0.717) is 12.5 Å². The second-order valence-electron chi connectivity index (χ2n) is 3.98. The summed E-state index contributed by atoms with van der Waals surface area (Å²) in [5.41, 5.74) is 7.85. The molecule has 16 heavy (non-hydrogen) atoms. The van der Waals surface area contributed by atoms with Crippen LogP contribution in [0.2, 0.25) is 5.02 Å². The molecule has 3 heteroatoms. The summed E-state index contributed by atoms with van der Waals surface area (Å²) >= 11 is 8.33. The molecule has 1 heterocycles. The molecule has 1 aliphatic rings. The van der Waals surface area contributed by atoms with E-state index in [4.69, 9.17) is 17.3 Å². The Morgan fingerprint density at radius 1 is 1.50 bits per heavy atom. The average Bonchev–Trinajstić information content (AvgIpc) is 2.80. The zero-order valence-electron chi connectivity index (χ0n) is 9.16. The van der Waals surface area contributed by atoms with Crippen LogP contribution < -0.4 is 5.73 Å². The van der Waals surface area contributed by atoms with Gasteiger partial charge in [-0.3, -0.25) is 0 Å². The molecule has 1 saturated heterocycles. The SMILES string of the molecule is NC/C=C/c1ccc(C2CCSC2)c(Cl)c1. The molecule has 0 aliphatic carbocycles. The van der Waals surface area contributed by atoms with Gasteiger partial charge in [0, 0.05) is 17.3 Å². The van der Waals surface area contributed by atoms with Crippen molar-refractivity contribution in [3.63, 3.8) is 0 Å². The predicted molar refractivity (Wildman–Crippen MR) is 74.2 cm³/mol. The van der Waals surface area contributed by atoms with Crippen molar-refractivity contribution in [3.8, 4) is 0 Å². The van der Waals surface area contributed by atoms with Crippen molar-refractivity contribution in [1.82, 2.24) is 0 Å². The zero-order valence-corrected chi connectivity index (χ0v) is 10.7. The van der Waals surface area contributed by atoms with Crippen molar-refractivity contribution in [3.05, 3.63) is 40.4 Å². The van der Waals surface area contributed by atoms with Crippen LogP contribution in [-0.2, 0) is 0 Å². The fraction of sp³-hybridized carbons (Fsp3) is 0.385. The molecule has 1 unspecified atom stereocenters. The number of thioether (sulfide) groups is 1. The Hall–Kier alpha value is -0.440. The van der Waals surface area contributed by atoms with Gasteiger partial charge in [-0.2, -0.15) is 11.8 Å². The Bertz CT molecular complexity index is 384. The molecule has 0 radical (unpaired) electrons. The van der Waals surface area contributed by atoms with Crippen molar-refractivity contribution in [2.24, 2.45) is 5.73 Å². The maximum absolute atomic E-state index is 6.31. The summed E-state index contributed by atoms with van der Waals surface area (Å²) < 4.78 is 0. The monoisotopic (exact) mass is 253 g/mol. The van der Waals surface area contributed by atoms with Gasteiger partial charge in [-0.15, -0.1) is 0 Å². The van der Waals surface area contributed by atoms with Crippen LogP contribution in [0.5, 0.6) is 0 Å². The van der Waals surface area contributed by atoms with Gasteiger partial charge in [-0.25, -0.2) is 0 Å². The van der Waals surface area contributed by atoms with Gasteiger partial charge in [0.25, 0.3) is 0 Å². The molecule has 1 aromatic carbocycles. The Morgan fingerprint density at radius 3 is 3.00 bits per heavy atom. The molecule has 0 aromatic heterocycles. The van der Waals surface area contributed by atoms with E-state index in [1.807, 2.05) is 30.0 Å². The summed E-state index contributed by atoms with van der Waals surface area (Å²) in [6, 6.07) is 6.32. The third-order valence-corrected chi connectivity index (χ3v) is 4.33. The van der Waals surface area contributed by atoms with Crippen LogP contribution in [0.4, 0.5) is 0 Å². The largest absolute Gasteiger partial charge is 0.327 e. The summed E-state index contributed by atoms with van der Waals surface area (Å²) in [4.78, 5) is 0. The highest BCUT2D eigenvalue weighted by Gasteiger charge is 2.19. The van der Waals surface area contributed by atoms with E-state index in [2.05, 4.69) is 12.1 Å². The lowest BCUT2D eigenvalue weighted by Gasteiger charge is -2.11. The lowest BCUT2D eigenvalue weighted by molar-refractivity contribution is 0.782. The van der Waals surface area contributed by atoms with Crippen LogP contribution in [0.25, 0.3) is 6.08 Å². The normalized spacial score (nSPS) is 20.8. The first kappa shape index (κ1) is 12.0. The van der Waals surface area contributed by atoms with Gasteiger partial charge in [0.2, 0.25) is 0 Å². The Morgan fingerprint density at radius 2 is 2.38 bits per heavy atom. The van der Waals surface area contributed by atoms with Gasteiger partial charge in [-0.1, -0.05) is 35.9 Å². The van der Waals surface area contributed by atoms with Crippen LogP contribution in [0, 0.1) is 0 Å². The van der Waals surface area contributed by atoms with E-state index in [-0.39, 0.29) is 0 Å². The minimum atomic E-state index is 0.568. The summed E-state index contributed by atoms with van der Waals surface area (Å²) in [6.07, 6.45) is 5.21. The summed E-state index contributed by atoms with van der Waals surface area (Å²) in [5, 5.41) is 0.895. The highest BCUT2D eigenvalue weighted by Crippen LogP contribution is 2.36. The second kappa shape index (κ2) is 5.76. The number of benzene rings is 1.